The standard InChI is InChI=1S/C23H24N4O/c1-18-7-12-22(25-24-18)26-13-15-27(16-14-26)23(28)17-19-8-10-21(11-9-19)20-5-3-2-4-6-20/h2-12H,13-17H2,1H3. The number of hydrogen-bond acceptors (Lipinski definition) is 4. The van der Waals surface area contributed by atoms with Crippen LogP contribution in [0.4, 0.5) is 5.82 Å². The van der Waals surface area contributed by atoms with E-state index >= 15 is 0 Å². The normalized spacial score (nSPS) is 14.2. The van der Waals surface area contributed by atoms with Gasteiger partial charge in [0.05, 0.1) is 12.1 Å². The van der Waals surface area contributed by atoms with Crippen molar-refractivity contribution in [3.63, 3.8) is 0 Å². The Labute approximate surface area is 165 Å². The van der Waals surface area contributed by atoms with Gasteiger partial charge in [-0.1, -0.05) is 54.6 Å². The molecule has 0 radical (unpaired) electrons. The molecule has 0 saturated carbocycles. The topological polar surface area (TPSA) is 49.3 Å². The fourth-order valence-electron chi connectivity index (χ4n) is 3.48. The molecule has 3 aromatic rings. The van der Waals surface area contributed by atoms with Crippen molar-refractivity contribution in [1.29, 1.82) is 0 Å². The maximum Gasteiger partial charge on any atom is 0.227 e. The Hall–Kier alpha value is -3.21. The van der Waals surface area contributed by atoms with Gasteiger partial charge in [-0.2, -0.15) is 5.10 Å². The third-order valence-electron chi connectivity index (χ3n) is 5.16. The minimum Gasteiger partial charge on any atom is -0.352 e. The smallest absolute Gasteiger partial charge is 0.227 e. The molecule has 1 aromatic heterocycles. The van der Waals surface area contributed by atoms with Crippen LogP contribution in [0.5, 0.6) is 0 Å². The van der Waals surface area contributed by atoms with Crippen LogP contribution in [0.3, 0.4) is 0 Å². The van der Waals surface area contributed by atoms with Crippen molar-refractivity contribution in [3.05, 3.63) is 78.0 Å². The van der Waals surface area contributed by atoms with Crippen molar-refractivity contribution in [1.82, 2.24) is 15.1 Å². The predicted molar refractivity (Wildman–Crippen MR) is 111 cm³/mol. The number of carbonyl (C=O) groups excluding carboxylic acids is 1. The van der Waals surface area contributed by atoms with Gasteiger partial charge in [0, 0.05) is 26.2 Å². The number of carbonyl (C=O) groups is 1. The summed E-state index contributed by atoms with van der Waals surface area (Å²) < 4.78 is 0. The van der Waals surface area contributed by atoms with E-state index in [9.17, 15) is 4.79 Å². The molecule has 2 aromatic carbocycles. The number of benzene rings is 2. The van der Waals surface area contributed by atoms with Gasteiger partial charge in [0.25, 0.3) is 0 Å². The van der Waals surface area contributed by atoms with E-state index in [1.165, 1.54) is 11.1 Å². The average molecular weight is 372 g/mol. The average Bonchev–Trinajstić information content (AvgIpc) is 2.75. The Kier molecular flexibility index (Phi) is 5.33. The molecule has 0 atom stereocenters. The molecular weight excluding hydrogens is 348 g/mol. The number of hydrogen-bond donors (Lipinski definition) is 0. The van der Waals surface area contributed by atoms with Gasteiger partial charge in [0.2, 0.25) is 5.91 Å². The van der Waals surface area contributed by atoms with Crippen molar-refractivity contribution >= 4 is 11.7 Å². The molecule has 0 aliphatic carbocycles. The molecule has 0 bridgehead atoms. The van der Waals surface area contributed by atoms with Crippen molar-refractivity contribution in [2.75, 3.05) is 31.1 Å². The van der Waals surface area contributed by atoms with Crippen LogP contribution in [0.25, 0.3) is 11.1 Å². The molecule has 1 amide bonds. The highest BCUT2D eigenvalue weighted by molar-refractivity contribution is 5.79. The number of piperazine rings is 1. The molecule has 1 fully saturated rings. The molecular formula is C23H24N4O. The first-order chi connectivity index (χ1) is 13.7. The number of rotatable bonds is 4. The Morgan fingerprint density at radius 2 is 1.50 bits per heavy atom. The first-order valence-electron chi connectivity index (χ1n) is 9.66. The Bertz CT molecular complexity index is 915. The first kappa shape index (κ1) is 18.2. The van der Waals surface area contributed by atoms with E-state index in [0.29, 0.717) is 6.42 Å². The van der Waals surface area contributed by atoms with Crippen LogP contribution in [0.15, 0.2) is 66.7 Å². The lowest BCUT2D eigenvalue weighted by molar-refractivity contribution is -0.130. The molecule has 1 aliphatic heterocycles. The number of aryl methyl sites for hydroxylation is 1. The summed E-state index contributed by atoms with van der Waals surface area (Å²) in [6.45, 7) is 4.94. The maximum atomic E-state index is 12.7. The van der Waals surface area contributed by atoms with Gasteiger partial charge < -0.3 is 9.80 Å². The van der Waals surface area contributed by atoms with E-state index in [4.69, 9.17) is 0 Å². The molecule has 28 heavy (non-hydrogen) atoms. The highest BCUT2D eigenvalue weighted by atomic mass is 16.2. The molecule has 5 nitrogen and oxygen atoms in total. The second-order valence-corrected chi connectivity index (χ2v) is 7.14. The van der Waals surface area contributed by atoms with Crippen molar-refractivity contribution in [2.24, 2.45) is 0 Å². The van der Waals surface area contributed by atoms with Crippen molar-refractivity contribution in [2.45, 2.75) is 13.3 Å². The minimum absolute atomic E-state index is 0.183. The van der Waals surface area contributed by atoms with E-state index in [1.54, 1.807) is 0 Å². The van der Waals surface area contributed by atoms with Gasteiger partial charge in [0.15, 0.2) is 5.82 Å². The van der Waals surface area contributed by atoms with Crippen LogP contribution < -0.4 is 4.90 Å². The number of aromatic nitrogens is 2. The van der Waals surface area contributed by atoms with Crippen LogP contribution >= 0.6 is 0 Å². The predicted octanol–water partition coefficient (Wildman–Crippen LogP) is 3.34. The quantitative estimate of drug-likeness (QED) is 0.705. The lowest BCUT2D eigenvalue weighted by Gasteiger charge is -2.35. The van der Waals surface area contributed by atoms with E-state index in [2.05, 4.69) is 51.5 Å². The van der Waals surface area contributed by atoms with Gasteiger partial charge in [-0.15, -0.1) is 5.10 Å². The Morgan fingerprint density at radius 1 is 0.821 bits per heavy atom. The summed E-state index contributed by atoms with van der Waals surface area (Å²) in [5.74, 6) is 1.07. The summed E-state index contributed by atoms with van der Waals surface area (Å²) >= 11 is 0. The van der Waals surface area contributed by atoms with E-state index in [0.717, 1.165) is 43.3 Å². The number of amides is 1. The summed E-state index contributed by atoms with van der Waals surface area (Å²) in [6.07, 6.45) is 0.444. The van der Waals surface area contributed by atoms with Gasteiger partial charge >= 0.3 is 0 Å². The molecule has 0 N–H and O–H groups in total. The van der Waals surface area contributed by atoms with Crippen molar-refractivity contribution < 1.29 is 4.79 Å². The molecule has 4 rings (SSSR count). The molecule has 142 valence electrons. The molecule has 2 heterocycles. The molecule has 1 aliphatic rings. The van der Waals surface area contributed by atoms with Crippen LogP contribution in [0.2, 0.25) is 0 Å². The van der Waals surface area contributed by atoms with Crippen LogP contribution in [-0.4, -0.2) is 47.2 Å². The molecule has 0 spiro atoms. The third-order valence-corrected chi connectivity index (χ3v) is 5.16. The fourth-order valence-corrected chi connectivity index (χ4v) is 3.48. The summed E-state index contributed by atoms with van der Waals surface area (Å²) in [5, 5.41) is 8.37. The zero-order chi connectivity index (χ0) is 19.3. The summed E-state index contributed by atoms with van der Waals surface area (Å²) in [6, 6.07) is 22.5. The van der Waals surface area contributed by atoms with Gasteiger partial charge in [-0.05, 0) is 35.7 Å². The van der Waals surface area contributed by atoms with Gasteiger partial charge in [-0.25, -0.2) is 0 Å². The summed E-state index contributed by atoms with van der Waals surface area (Å²) in [4.78, 5) is 16.8. The maximum absolute atomic E-state index is 12.7. The third kappa shape index (κ3) is 4.19. The van der Waals surface area contributed by atoms with Crippen LogP contribution in [-0.2, 0) is 11.2 Å². The first-order valence-corrected chi connectivity index (χ1v) is 9.66. The highest BCUT2D eigenvalue weighted by Crippen LogP contribution is 2.20. The second kappa shape index (κ2) is 8.21. The molecule has 0 unspecified atom stereocenters. The van der Waals surface area contributed by atoms with E-state index < -0.39 is 0 Å². The second-order valence-electron chi connectivity index (χ2n) is 7.14. The van der Waals surface area contributed by atoms with Crippen LogP contribution in [0.1, 0.15) is 11.3 Å². The van der Waals surface area contributed by atoms with Gasteiger partial charge in [0.1, 0.15) is 0 Å². The monoisotopic (exact) mass is 372 g/mol. The lowest BCUT2D eigenvalue weighted by atomic mass is 10.0. The highest BCUT2D eigenvalue weighted by Gasteiger charge is 2.22. The fraction of sp³-hybridized carbons (Fsp3) is 0.261. The Morgan fingerprint density at radius 3 is 2.14 bits per heavy atom. The molecule has 1 saturated heterocycles. The minimum atomic E-state index is 0.183. The van der Waals surface area contributed by atoms with Gasteiger partial charge in [-0.3, -0.25) is 4.79 Å². The number of anilines is 1. The zero-order valence-corrected chi connectivity index (χ0v) is 16.1. The van der Waals surface area contributed by atoms with Crippen LogP contribution in [0, 0.1) is 6.92 Å². The largest absolute Gasteiger partial charge is 0.352 e. The van der Waals surface area contributed by atoms with E-state index in [1.807, 2.05) is 42.2 Å². The zero-order valence-electron chi connectivity index (χ0n) is 16.1. The Balaban J connectivity index is 1.32. The van der Waals surface area contributed by atoms with E-state index in [-0.39, 0.29) is 5.91 Å². The summed E-state index contributed by atoms with van der Waals surface area (Å²) in [7, 11) is 0. The molecule has 5 heteroatoms. The SMILES string of the molecule is Cc1ccc(N2CCN(C(=O)Cc3ccc(-c4ccccc4)cc3)CC2)nn1. The summed E-state index contributed by atoms with van der Waals surface area (Å²) in [5.41, 5.74) is 4.33. The lowest BCUT2D eigenvalue weighted by Crippen LogP contribution is -2.49. The van der Waals surface area contributed by atoms with Crippen molar-refractivity contribution in [3.8, 4) is 11.1 Å². The number of nitrogens with zero attached hydrogens (tertiary/aromatic N) is 4.